The zero-order valence-corrected chi connectivity index (χ0v) is 14.4. The standard InChI is InChI=1S/C18H19N5O3/c1-12(22-23-18(26)14-6-5-9-19-11-14)10-17(25)21-16-8-4-3-7-15(16)20-13(2)24/h3-11,22H,1-2H3,(H,20,24)(H,21,25)(H,23,26)/b12-10-. The van der Waals surface area contributed by atoms with E-state index >= 15 is 0 Å². The van der Waals surface area contributed by atoms with Crippen LogP contribution in [0.3, 0.4) is 0 Å². The highest BCUT2D eigenvalue weighted by Crippen LogP contribution is 2.20. The maximum atomic E-state index is 12.1. The van der Waals surface area contributed by atoms with Gasteiger partial charge in [0.05, 0.1) is 16.9 Å². The maximum absolute atomic E-state index is 12.1. The van der Waals surface area contributed by atoms with Gasteiger partial charge in [0, 0.05) is 31.1 Å². The van der Waals surface area contributed by atoms with Crippen LogP contribution in [0.4, 0.5) is 11.4 Å². The predicted molar refractivity (Wildman–Crippen MR) is 98.0 cm³/mol. The van der Waals surface area contributed by atoms with Crippen LogP contribution in [0.15, 0.2) is 60.6 Å². The van der Waals surface area contributed by atoms with Crippen molar-refractivity contribution in [1.82, 2.24) is 15.8 Å². The Morgan fingerprint density at radius 3 is 2.23 bits per heavy atom. The van der Waals surface area contributed by atoms with Gasteiger partial charge < -0.3 is 16.1 Å². The predicted octanol–water partition coefficient (Wildman–Crippen LogP) is 1.82. The molecule has 0 bridgehead atoms. The monoisotopic (exact) mass is 353 g/mol. The number of nitrogens with one attached hydrogen (secondary N) is 4. The van der Waals surface area contributed by atoms with Crippen molar-refractivity contribution in [3.05, 3.63) is 66.1 Å². The largest absolute Gasteiger partial charge is 0.325 e. The minimum atomic E-state index is -0.413. The van der Waals surface area contributed by atoms with Crippen molar-refractivity contribution in [1.29, 1.82) is 0 Å². The van der Waals surface area contributed by atoms with E-state index in [-0.39, 0.29) is 11.8 Å². The summed E-state index contributed by atoms with van der Waals surface area (Å²) in [6, 6.07) is 10.1. The number of nitrogens with zero attached hydrogens (tertiary/aromatic N) is 1. The van der Waals surface area contributed by atoms with Gasteiger partial charge in [-0.2, -0.15) is 0 Å². The molecule has 1 aromatic carbocycles. The molecule has 0 aliphatic rings. The summed E-state index contributed by atoms with van der Waals surface area (Å²) in [5.74, 6) is -1.02. The van der Waals surface area contributed by atoms with E-state index in [1.807, 2.05) is 0 Å². The fraction of sp³-hybridized carbons (Fsp3) is 0.111. The van der Waals surface area contributed by atoms with Gasteiger partial charge in [0.2, 0.25) is 11.8 Å². The molecule has 26 heavy (non-hydrogen) atoms. The average Bonchev–Trinajstić information content (AvgIpc) is 2.61. The van der Waals surface area contributed by atoms with Crippen molar-refractivity contribution in [2.75, 3.05) is 10.6 Å². The summed E-state index contributed by atoms with van der Waals surface area (Å²) in [5.41, 5.74) is 6.90. The van der Waals surface area contributed by atoms with Gasteiger partial charge >= 0.3 is 0 Å². The van der Waals surface area contributed by atoms with Crippen LogP contribution < -0.4 is 21.5 Å². The topological polar surface area (TPSA) is 112 Å². The van der Waals surface area contributed by atoms with Gasteiger partial charge in [-0.05, 0) is 31.2 Å². The molecule has 2 aromatic rings. The number of pyridine rings is 1. The van der Waals surface area contributed by atoms with Crippen molar-refractivity contribution < 1.29 is 14.4 Å². The van der Waals surface area contributed by atoms with Crippen LogP contribution in [-0.4, -0.2) is 22.7 Å². The first-order chi connectivity index (χ1) is 12.5. The minimum Gasteiger partial charge on any atom is -0.325 e. The van der Waals surface area contributed by atoms with Gasteiger partial charge in [0.25, 0.3) is 5.91 Å². The van der Waals surface area contributed by atoms with E-state index in [1.54, 1.807) is 49.5 Å². The van der Waals surface area contributed by atoms with Gasteiger partial charge in [0.15, 0.2) is 0 Å². The molecule has 4 N–H and O–H groups in total. The van der Waals surface area contributed by atoms with Crippen LogP contribution in [0.1, 0.15) is 24.2 Å². The molecule has 3 amide bonds. The summed E-state index contributed by atoms with van der Waals surface area (Å²) in [6.07, 6.45) is 4.29. The van der Waals surface area contributed by atoms with Gasteiger partial charge in [-0.1, -0.05) is 12.1 Å². The third kappa shape index (κ3) is 5.75. The lowest BCUT2D eigenvalue weighted by Crippen LogP contribution is -2.36. The zero-order chi connectivity index (χ0) is 18.9. The zero-order valence-electron chi connectivity index (χ0n) is 14.4. The molecule has 0 fully saturated rings. The van der Waals surface area contributed by atoms with Crippen molar-refractivity contribution >= 4 is 29.1 Å². The molecule has 0 aliphatic carbocycles. The first-order valence-electron chi connectivity index (χ1n) is 7.78. The smallest absolute Gasteiger partial charge is 0.271 e. The normalized spacial score (nSPS) is 10.6. The number of allylic oxidation sites excluding steroid dienone is 1. The molecule has 1 aromatic heterocycles. The maximum Gasteiger partial charge on any atom is 0.271 e. The van der Waals surface area contributed by atoms with Crippen LogP contribution in [0.2, 0.25) is 0 Å². The number of amides is 3. The molecule has 0 radical (unpaired) electrons. The highest BCUT2D eigenvalue weighted by Gasteiger charge is 2.07. The van der Waals surface area contributed by atoms with Gasteiger partial charge in [0.1, 0.15) is 0 Å². The highest BCUT2D eigenvalue weighted by molar-refractivity contribution is 6.03. The Hall–Kier alpha value is -3.68. The number of hydrogen-bond acceptors (Lipinski definition) is 5. The molecular weight excluding hydrogens is 334 g/mol. The van der Waals surface area contributed by atoms with Crippen molar-refractivity contribution in [2.24, 2.45) is 0 Å². The molecule has 0 spiro atoms. The number of carbonyl (C=O) groups is 3. The second-order valence-electron chi connectivity index (χ2n) is 5.36. The Morgan fingerprint density at radius 2 is 1.62 bits per heavy atom. The van der Waals surface area contributed by atoms with Crippen LogP contribution in [0, 0.1) is 0 Å². The second-order valence-corrected chi connectivity index (χ2v) is 5.36. The molecule has 0 aliphatic heterocycles. The molecule has 8 heteroatoms. The number of benzene rings is 1. The van der Waals surface area contributed by atoms with Gasteiger partial charge in [-0.15, -0.1) is 0 Å². The van der Waals surface area contributed by atoms with Gasteiger partial charge in [-0.25, -0.2) is 0 Å². The fourth-order valence-electron chi connectivity index (χ4n) is 2.02. The molecule has 2 rings (SSSR count). The third-order valence-corrected chi connectivity index (χ3v) is 3.14. The SMILES string of the molecule is CC(=O)Nc1ccccc1NC(=O)/C=C(/C)NNC(=O)c1cccnc1. The summed E-state index contributed by atoms with van der Waals surface area (Å²) in [4.78, 5) is 39.1. The van der Waals surface area contributed by atoms with Crippen molar-refractivity contribution in [2.45, 2.75) is 13.8 Å². The lowest BCUT2D eigenvalue weighted by Gasteiger charge is -2.11. The summed E-state index contributed by atoms with van der Waals surface area (Å²) in [6.45, 7) is 3.01. The first kappa shape index (κ1) is 18.7. The summed E-state index contributed by atoms with van der Waals surface area (Å²) in [5, 5.41) is 5.31. The Bertz CT molecular complexity index is 834. The lowest BCUT2D eigenvalue weighted by molar-refractivity contribution is -0.114. The quantitative estimate of drug-likeness (QED) is 0.467. The Labute approximate surface area is 150 Å². The molecule has 0 saturated heterocycles. The number of aromatic nitrogens is 1. The number of carbonyl (C=O) groups excluding carboxylic acids is 3. The Kier molecular flexibility index (Phi) is 6.44. The minimum absolute atomic E-state index is 0.238. The number of hydrazine groups is 1. The van der Waals surface area contributed by atoms with Crippen LogP contribution in [0.25, 0.3) is 0 Å². The molecule has 1 heterocycles. The summed E-state index contributed by atoms with van der Waals surface area (Å²) >= 11 is 0. The van der Waals surface area contributed by atoms with Crippen molar-refractivity contribution in [3.8, 4) is 0 Å². The van der Waals surface area contributed by atoms with Crippen LogP contribution in [0.5, 0.6) is 0 Å². The Morgan fingerprint density at radius 1 is 0.923 bits per heavy atom. The average molecular weight is 353 g/mol. The van der Waals surface area contributed by atoms with E-state index in [2.05, 4.69) is 26.5 Å². The number of anilines is 2. The molecule has 8 nitrogen and oxygen atoms in total. The van der Waals surface area contributed by atoms with Crippen LogP contribution in [-0.2, 0) is 9.59 Å². The van der Waals surface area contributed by atoms with Gasteiger partial charge in [-0.3, -0.25) is 24.8 Å². The molecule has 0 unspecified atom stereocenters. The summed E-state index contributed by atoms with van der Waals surface area (Å²) in [7, 11) is 0. The number of rotatable bonds is 6. The molecule has 0 saturated carbocycles. The van der Waals surface area contributed by atoms with E-state index in [0.29, 0.717) is 22.6 Å². The first-order valence-corrected chi connectivity index (χ1v) is 7.78. The van der Waals surface area contributed by atoms with Crippen molar-refractivity contribution in [3.63, 3.8) is 0 Å². The van der Waals surface area contributed by atoms with E-state index in [1.165, 1.54) is 19.2 Å². The number of para-hydroxylation sites is 2. The van der Waals surface area contributed by atoms with E-state index in [4.69, 9.17) is 0 Å². The number of hydrogen-bond donors (Lipinski definition) is 4. The molecular formula is C18H19N5O3. The Balaban J connectivity index is 1.94. The summed E-state index contributed by atoms with van der Waals surface area (Å²) < 4.78 is 0. The molecule has 0 atom stereocenters. The second kappa shape index (κ2) is 8.97. The highest BCUT2D eigenvalue weighted by atomic mass is 16.2. The lowest BCUT2D eigenvalue weighted by atomic mass is 10.2. The van der Waals surface area contributed by atoms with E-state index in [9.17, 15) is 14.4 Å². The van der Waals surface area contributed by atoms with Crippen LogP contribution >= 0.6 is 0 Å². The molecule has 134 valence electrons. The fourth-order valence-corrected chi connectivity index (χ4v) is 2.02. The van der Waals surface area contributed by atoms with E-state index in [0.717, 1.165) is 0 Å². The third-order valence-electron chi connectivity index (χ3n) is 3.14. The van der Waals surface area contributed by atoms with E-state index < -0.39 is 5.91 Å².